The molecule has 0 saturated heterocycles. The number of ether oxygens (including phenoxy) is 7. The van der Waals surface area contributed by atoms with Gasteiger partial charge in [0.15, 0.2) is 29.1 Å². The Balaban J connectivity index is 2.19. The third kappa shape index (κ3) is 4.27. The van der Waals surface area contributed by atoms with E-state index in [0.29, 0.717) is 63.2 Å². The summed E-state index contributed by atoms with van der Waals surface area (Å²) in [7, 11) is 6.02. The van der Waals surface area contributed by atoms with Crippen LogP contribution in [0, 0.1) is 5.92 Å². The van der Waals surface area contributed by atoms with Crippen molar-refractivity contribution in [2.75, 3.05) is 41.1 Å². The molecule has 3 atom stereocenters. The van der Waals surface area contributed by atoms with Gasteiger partial charge in [0.05, 0.1) is 34.3 Å². The van der Waals surface area contributed by atoms with Crippen molar-refractivity contribution in [1.29, 1.82) is 0 Å². The molecule has 2 aromatic carbocycles. The molecule has 1 heterocycles. The number of methoxy groups -OCH3 is 4. The lowest BCUT2D eigenvalue weighted by Crippen LogP contribution is -2.48. The first-order valence-electron chi connectivity index (χ1n) is 12.1. The van der Waals surface area contributed by atoms with Crippen LogP contribution >= 0.6 is 11.6 Å². The normalized spacial score (nSPS) is 22.0. The lowest BCUT2D eigenvalue weighted by Gasteiger charge is -2.42. The summed E-state index contributed by atoms with van der Waals surface area (Å²) in [6.07, 6.45) is 0.784. The molecule has 9 nitrogen and oxygen atoms in total. The first-order chi connectivity index (χ1) is 18.2. The second-order valence-corrected chi connectivity index (χ2v) is 9.54. The van der Waals surface area contributed by atoms with Crippen molar-refractivity contribution in [3.05, 3.63) is 34.9 Å². The Bertz CT molecular complexity index is 1270. The summed E-state index contributed by atoms with van der Waals surface area (Å²) in [4.78, 5) is 13.1. The molecule has 0 saturated carbocycles. The molecule has 206 valence electrons. The maximum Gasteiger partial charge on any atom is 0.334 e. The number of fused-ring (bicyclic) bond motifs is 4. The first kappa shape index (κ1) is 27.7. The summed E-state index contributed by atoms with van der Waals surface area (Å²) in [5.74, 6) is 1.04. The van der Waals surface area contributed by atoms with Crippen LogP contribution in [0.15, 0.2) is 23.8 Å². The summed E-state index contributed by atoms with van der Waals surface area (Å²) in [6, 6.07) is 3.53. The lowest BCUT2D eigenvalue weighted by atomic mass is 9.73. The Morgan fingerprint density at radius 1 is 1.08 bits per heavy atom. The molecule has 0 bridgehead atoms. The second kappa shape index (κ2) is 10.8. The number of hydrogen-bond donors (Lipinski definition) is 1. The quantitative estimate of drug-likeness (QED) is 0.296. The molecule has 0 spiro atoms. The van der Waals surface area contributed by atoms with Gasteiger partial charge >= 0.3 is 5.97 Å². The van der Waals surface area contributed by atoms with E-state index in [1.165, 1.54) is 28.4 Å². The van der Waals surface area contributed by atoms with Crippen molar-refractivity contribution >= 4 is 17.6 Å². The summed E-state index contributed by atoms with van der Waals surface area (Å²) >= 11 is 6.47. The molecule has 0 radical (unpaired) electrons. The van der Waals surface area contributed by atoms with E-state index in [0.717, 1.165) is 5.56 Å². The Morgan fingerprint density at radius 2 is 1.76 bits per heavy atom. The number of aliphatic hydroxyl groups is 1. The predicted molar refractivity (Wildman–Crippen MR) is 141 cm³/mol. The SMILES string of the molecule is C/C=C(/C)C(=O)OC1c2cc(OC)c(OC)c(OC)c2-c2c(cc3c(c2OC)OCO3)C[C@H](C)[C@@]1(O)CCl. The van der Waals surface area contributed by atoms with Crippen LogP contribution in [0.3, 0.4) is 0 Å². The van der Waals surface area contributed by atoms with Crippen LogP contribution < -0.4 is 28.4 Å². The van der Waals surface area contributed by atoms with Gasteiger partial charge in [-0.15, -0.1) is 11.6 Å². The van der Waals surface area contributed by atoms with Gasteiger partial charge in [0.2, 0.25) is 18.3 Å². The van der Waals surface area contributed by atoms with Gasteiger partial charge in [-0.1, -0.05) is 13.0 Å². The minimum Gasteiger partial charge on any atom is -0.493 e. The van der Waals surface area contributed by atoms with Crippen LogP contribution in [0.2, 0.25) is 0 Å². The van der Waals surface area contributed by atoms with Gasteiger partial charge < -0.3 is 38.3 Å². The molecule has 1 aliphatic carbocycles. The maximum atomic E-state index is 13.1. The Morgan fingerprint density at radius 3 is 2.34 bits per heavy atom. The van der Waals surface area contributed by atoms with Crippen LogP contribution in [0.4, 0.5) is 0 Å². The van der Waals surface area contributed by atoms with E-state index >= 15 is 0 Å². The molecule has 38 heavy (non-hydrogen) atoms. The molecular weight excluding hydrogens is 516 g/mol. The highest BCUT2D eigenvalue weighted by molar-refractivity contribution is 6.18. The fraction of sp³-hybridized carbons (Fsp3) is 0.464. The van der Waals surface area contributed by atoms with Gasteiger partial charge in [-0.25, -0.2) is 4.79 Å². The number of halogens is 1. The van der Waals surface area contributed by atoms with Gasteiger partial charge in [-0.2, -0.15) is 0 Å². The standard InChI is InChI=1S/C28H33ClO9/c1-8-14(2)27(30)38-26-17-11-18(32-4)22(33-5)25(35-7)21(17)20-16(9-15(3)28(26,31)12-29)10-19-23(24(20)34-6)37-13-36-19/h8,10-11,15,26,31H,9,12-13H2,1-7H3/b14-8-/t15-,26?,28-/m0/s1. The number of allylic oxidation sites excluding steroid dienone is 1. The van der Waals surface area contributed by atoms with Crippen molar-refractivity contribution in [1.82, 2.24) is 0 Å². The number of benzene rings is 2. The van der Waals surface area contributed by atoms with E-state index in [2.05, 4.69) is 0 Å². The Labute approximate surface area is 227 Å². The fourth-order valence-electron chi connectivity index (χ4n) is 5.05. The molecule has 0 aromatic heterocycles. The lowest BCUT2D eigenvalue weighted by molar-refractivity contribution is -0.166. The van der Waals surface area contributed by atoms with Crippen LogP contribution in [-0.4, -0.2) is 57.8 Å². The minimum absolute atomic E-state index is 0.0363. The number of hydrogen-bond acceptors (Lipinski definition) is 9. The van der Waals surface area contributed by atoms with Crippen LogP contribution in [0.25, 0.3) is 11.1 Å². The molecule has 2 aliphatic rings. The topological polar surface area (TPSA) is 102 Å². The number of alkyl halides is 1. The Hall–Kier alpha value is -3.30. The molecule has 0 fully saturated rings. The third-order valence-corrected chi connectivity index (χ3v) is 7.75. The molecule has 4 rings (SSSR count). The first-order valence-corrected chi connectivity index (χ1v) is 12.7. The van der Waals surface area contributed by atoms with E-state index in [9.17, 15) is 9.90 Å². The summed E-state index contributed by atoms with van der Waals surface area (Å²) in [5.41, 5.74) is 1.03. The number of esters is 1. The van der Waals surface area contributed by atoms with E-state index in [1.807, 2.05) is 13.0 Å². The predicted octanol–water partition coefficient (Wildman–Crippen LogP) is 4.83. The number of rotatable bonds is 7. The summed E-state index contributed by atoms with van der Waals surface area (Å²) in [6.45, 7) is 5.27. The van der Waals surface area contributed by atoms with E-state index in [-0.39, 0.29) is 12.7 Å². The van der Waals surface area contributed by atoms with Crippen molar-refractivity contribution in [3.63, 3.8) is 0 Å². The highest BCUT2D eigenvalue weighted by Crippen LogP contribution is 2.59. The monoisotopic (exact) mass is 548 g/mol. The molecule has 1 unspecified atom stereocenters. The largest absolute Gasteiger partial charge is 0.493 e. The fourth-order valence-corrected chi connectivity index (χ4v) is 5.46. The molecule has 1 aliphatic heterocycles. The number of carbonyl (C=O) groups is 1. The van der Waals surface area contributed by atoms with Gasteiger partial charge in [-0.3, -0.25) is 0 Å². The zero-order chi connectivity index (χ0) is 27.8. The van der Waals surface area contributed by atoms with Gasteiger partial charge in [-0.05, 0) is 43.9 Å². The third-order valence-electron chi connectivity index (χ3n) is 7.33. The average molecular weight is 549 g/mol. The van der Waals surface area contributed by atoms with Crippen molar-refractivity contribution in [3.8, 4) is 45.6 Å². The van der Waals surface area contributed by atoms with Gasteiger partial charge in [0, 0.05) is 22.3 Å². The zero-order valence-corrected chi connectivity index (χ0v) is 23.4. The smallest absolute Gasteiger partial charge is 0.334 e. The maximum absolute atomic E-state index is 13.1. The molecule has 2 aromatic rings. The molecule has 0 amide bonds. The van der Waals surface area contributed by atoms with E-state index < -0.39 is 23.6 Å². The second-order valence-electron chi connectivity index (χ2n) is 9.27. The van der Waals surface area contributed by atoms with Crippen molar-refractivity contribution in [2.24, 2.45) is 5.92 Å². The van der Waals surface area contributed by atoms with E-state index in [1.54, 1.807) is 26.0 Å². The summed E-state index contributed by atoms with van der Waals surface area (Å²) in [5, 5.41) is 12.1. The van der Waals surface area contributed by atoms with Crippen LogP contribution in [-0.2, 0) is 16.0 Å². The highest BCUT2D eigenvalue weighted by Gasteiger charge is 2.49. The van der Waals surface area contributed by atoms with Gasteiger partial charge in [0.1, 0.15) is 5.60 Å². The average Bonchev–Trinajstić information content (AvgIpc) is 3.40. The minimum atomic E-state index is -1.67. The molecule has 10 heteroatoms. The van der Waals surface area contributed by atoms with E-state index in [4.69, 9.17) is 44.8 Å². The zero-order valence-electron chi connectivity index (χ0n) is 22.6. The summed E-state index contributed by atoms with van der Waals surface area (Å²) < 4.78 is 40.6. The Kier molecular flexibility index (Phi) is 7.90. The highest BCUT2D eigenvalue weighted by atomic mass is 35.5. The van der Waals surface area contributed by atoms with Crippen molar-refractivity contribution in [2.45, 2.75) is 38.9 Å². The molecular formula is C28H33ClO9. The van der Waals surface area contributed by atoms with Crippen molar-refractivity contribution < 1.29 is 43.1 Å². The number of carbonyl (C=O) groups excluding carboxylic acids is 1. The van der Waals surface area contributed by atoms with Gasteiger partial charge in [0.25, 0.3) is 0 Å². The van der Waals surface area contributed by atoms with Crippen LogP contribution in [0.1, 0.15) is 38.0 Å². The molecule has 1 N–H and O–H groups in total. The van der Waals surface area contributed by atoms with Crippen LogP contribution in [0.5, 0.6) is 34.5 Å².